The molecule has 42 heavy (non-hydrogen) atoms. The second-order valence-corrected chi connectivity index (χ2v) is 11.0. The van der Waals surface area contributed by atoms with Gasteiger partial charge in [-0.3, -0.25) is 19.4 Å². The van der Waals surface area contributed by atoms with E-state index in [2.05, 4.69) is 15.3 Å². The molecule has 4 rings (SSSR count). The van der Waals surface area contributed by atoms with Crippen molar-refractivity contribution >= 4 is 34.6 Å². The SMILES string of the molecule is CN(C)C(=O)C=CCCC(OC(=O)N(C)C)C(=O)Nc1cccn(Cc2cc3ncc(F)c(CC4CCC4)c3[nH]2)c1=O. The molecule has 12 heteroatoms. The topological polar surface area (TPSA) is 130 Å². The van der Waals surface area contributed by atoms with Gasteiger partial charge >= 0.3 is 6.09 Å². The number of ether oxygens (including phenoxy) is 1. The summed E-state index contributed by atoms with van der Waals surface area (Å²) in [6, 6.07) is 4.88. The van der Waals surface area contributed by atoms with E-state index < -0.39 is 23.7 Å². The third-order valence-corrected chi connectivity index (χ3v) is 7.29. The van der Waals surface area contributed by atoms with Crippen LogP contribution < -0.4 is 10.9 Å². The summed E-state index contributed by atoms with van der Waals surface area (Å²) in [7, 11) is 6.23. The Balaban J connectivity index is 1.49. The van der Waals surface area contributed by atoms with Gasteiger partial charge in [-0.25, -0.2) is 9.18 Å². The number of likely N-dealkylation sites (N-methyl/N-ethyl adjacent to an activating group) is 1. The molecule has 1 unspecified atom stereocenters. The van der Waals surface area contributed by atoms with E-state index in [4.69, 9.17) is 4.74 Å². The molecule has 1 saturated carbocycles. The molecule has 3 heterocycles. The zero-order valence-corrected chi connectivity index (χ0v) is 24.4. The van der Waals surface area contributed by atoms with Crippen LogP contribution in [0.25, 0.3) is 11.0 Å². The standard InChI is InChI=1S/C30H37FN6O5/c1-35(2)26(38)13-6-5-12-25(42-30(41)36(3)4)28(39)34-23-11-8-14-37(29(23)40)18-20-16-24-27(33-20)21(22(31)17-32-24)15-19-9-7-10-19/h6,8,11,13-14,16-17,19,25,33H,5,7,9-10,12,15,18H2,1-4H3,(H,34,39). The minimum atomic E-state index is -1.20. The number of hydrogen-bond acceptors (Lipinski definition) is 6. The van der Waals surface area contributed by atoms with Gasteiger partial charge in [-0.1, -0.05) is 25.3 Å². The number of H-pyrrole nitrogens is 1. The monoisotopic (exact) mass is 580 g/mol. The Morgan fingerprint density at radius 1 is 1.24 bits per heavy atom. The molecule has 0 bridgehead atoms. The van der Waals surface area contributed by atoms with E-state index in [1.54, 1.807) is 38.5 Å². The summed E-state index contributed by atoms with van der Waals surface area (Å²) in [6.45, 7) is 0.146. The molecule has 2 N–H and O–H groups in total. The van der Waals surface area contributed by atoms with Gasteiger partial charge < -0.3 is 29.4 Å². The Labute approximate surface area is 243 Å². The number of hydrogen-bond donors (Lipinski definition) is 2. The van der Waals surface area contributed by atoms with Crippen LogP contribution in [0.1, 0.15) is 43.4 Å². The van der Waals surface area contributed by atoms with E-state index in [0.717, 1.165) is 12.8 Å². The molecule has 0 radical (unpaired) electrons. The Morgan fingerprint density at radius 2 is 2.00 bits per heavy atom. The summed E-state index contributed by atoms with van der Waals surface area (Å²) in [5.41, 5.74) is 2.10. The van der Waals surface area contributed by atoms with E-state index >= 15 is 0 Å². The Kier molecular flexibility index (Phi) is 9.76. The van der Waals surface area contributed by atoms with Crippen LogP contribution in [-0.4, -0.2) is 76.5 Å². The van der Waals surface area contributed by atoms with Crippen molar-refractivity contribution < 1.29 is 23.5 Å². The van der Waals surface area contributed by atoms with Gasteiger partial charge in [0.05, 0.1) is 23.8 Å². The maximum absolute atomic E-state index is 14.6. The molecule has 1 aliphatic rings. The molecule has 1 atom stereocenters. The summed E-state index contributed by atoms with van der Waals surface area (Å²) in [5, 5.41) is 2.59. The first-order valence-corrected chi connectivity index (χ1v) is 13.9. The molecule has 0 spiro atoms. The summed E-state index contributed by atoms with van der Waals surface area (Å²) >= 11 is 0. The molecule has 11 nitrogen and oxygen atoms in total. The number of carbonyl (C=O) groups excluding carboxylic acids is 3. The lowest BCUT2D eigenvalue weighted by Gasteiger charge is -2.25. The second-order valence-electron chi connectivity index (χ2n) is 11.0. The first-order chi connectivity index (χ1) is 20.0. The van der Waals surface area contributed by atoms with Gasteiger partial charge in [0.1, 0.15) is 11.5 Å². The van der Waals surface area contributed by atoms with Gasteiger partial charge in [0.15, 0.2) is 6.10 Å². The molecule has 3 aromatic heterocycles. The maximum atomic E-state index is 14.6. The van der Waals surface area contributed by atoms with E-state index in [1.165, 1.54) is 53.2 Å². The number of amides is 3. The minimum absolute atomic E-state index is 0.0117. The number of anilines is 1. The quantitative estimate of drug-likeness (QED) is 0.333. The van der Waals surface area contributed by atoms with Crippen molar-refractivity contribution in [3.63, 3.8) is 0 Å². The van der Waals surface area contributed by atoms with Gasteiger partial charge in [0, 0.05) is 45.6 Å². The largest absolute Gasteiger partial charge is 0.436 e. The zero-order chi connectivity index (χ0) is 30.4. The van der Waals surface area contributed by atoms with Gasteiger partial charge in [0.2, 0.25) is 5.91 Å². The molecular formula is C30H37FN6O5. The van der Waals surface area contributed by atoms with Crippen molar-refractivity contribution in [1.29, 1.82) is 0 Å². The highest BCUT2D eigenvalue weighted by molar-refractivity contribution is 5.95. The maximum Gasteiger partial charge on any atom is 0.410 e. The molecule has 3 amide bonds. The number of aromatic nitrogens is 3. The van der Waals surface area contributed by atoms with Crippen LogP contribution in [0.3, 0.4) is 0 Å². The van der Waals surface area contributed by atoms with Crippen molar-refractivity contribution in [1.82, 2.24) is 24.3 Å². The lowest BCUT2D eigenvalue weighted by atomic mass is 9.81. The molecule has 0 saturated heterocycles. The van der Waals surface area contributed by atoms with Gasteiger partial charge in [-0.05, 0) is 49.5 Å². The molecule has 1 aliphatic carbocycles. The van der Waals surface area contributed by atoms with Crippen LogP contribution in [0.4, 0.5) is 14.9 Å². The van der Waals surface area contributed by atoms with Crippen LogP contribution in [0.5, 0.6) is 0 Å². The fourth-order valence-electron chi connectivity index (χ4n) is 4.63. The summed E-state index contributed by atoms with van der Waals surface area (Å²) < 4.78 is 21.4. The van der Waals surface area contributed by atoms with E-state index in [9.17, 15) is 23.6 Å². The van der Waals surface area contributed by atoms with Gasteiger partial charge in [-0.15, -0.1) is 0 Å². The average Bonchev–Trinajstić information content (AvgIpc) is 3.33. The Hall–Kier alpha value is -4.48. The normalized spacial score (nSPS) is 14.0. The van der Waals surface area contributed by atoms with Crippen LogP contribution in [0, 0.1) is 11.7 Å². The van der Waals surface area contributed by atoms with Crippen molar-refractivity contribution in [3.05, 3.63) is 70.2 Å². The number of nitrogens with one attached hydrogen (secondary N) is 2. The summed E-state index contributed by atoms with van der Waals surface area (Å²) in [6.07, 6.45) is 8.27. The van der Waals surface area contributed by atoms with Gasteiger partial charge in [0.25, 0.3) is 11.5 Å². The van der Waals surface area contributed by atoms with Crippen LogP contribution in [0.2, 0.25) is 0 Å². The van der Waals surface area contributed by atoms with Crippen molar-refractivity contribution in [3.8, 4) is 0 Å². The number of rotatable bonds is 11. The fourth-order valence-corrected chi connectivity index (χ4v) is 4.63. The van der Waals surface area contributed by atoms with Crippen LogP contribution >= 0.6 is 0 Å². The molecule has 1 fully saturated rings. The first kappa shape index (κ1) is 30.5. The smallest absolute Gasteiger partial charge is 0.410 e. The second kappa shape index (κ2) is 13.5. The predicted molar refractivity (Wildman–Crippen MR) is 157 cm³/mol. The van der Waals surface area contributed by atoms with E-state index in [1.807, 2.05) is 0 Å². The number of allylic oxidation sites excluding steroid dienone is 1. The third kappa shape index (κ3) is 7.42. The third-order valence-electron chi connectivity index (χ3n) is 7.29. The number of halogens is 1. The summed E-state index contributed by atoms with van der Waals surface area (Å²) in [4.78, 5) is 60.5. The summed E-state index contributed by atoms with van der Waals surface area (Å²) in [5.74, 6) is -0.749. The number of carbonyl (C=O) groups is 3. The number of fused-ring (bicyclic) bond motifs is 1. The molecular weight excluding hydrogens is 543 g/mol. The van der Waals surface area contributed by atoms with Crippen molar-refractivity contribution in [2.75, 3.05) is 33.5 Å². The predicted octanol–water partition coefficient (Wildman–Crippen LogP) is 3.68. The number of nitrogens with zero attached hydrogens (tertiary/aromatic N) is 4. The minimum Gasteiger partial charge on any atom is -0.436 e. The van der Waals surface area contributed by atoms with Crippen LogP contribution in [-0.2, 0) is 27.3 Å². The zero-order valence-electron chi connectivity index (χ0n) is 24.4. The van der Waals surface area contributed by atoms with Crippen molar-refractivity contribution in [2.24, 2.45) is 5.92 Å². The highest BCUT2D eigenvalue weighted by Crippen LogP contribution is 2.32. The molecule has 224 valence electrons. The highest BCUT2D eigenvalue weighted by atomic mass is 19.1. The molecule has 3 aromatic rings. The Bertz CT molecular complexity index is 1540. The van der Waals surface area contributed by atoms with Crippen LogP contribution in [0.15, 0.2) is 47.5 Å². The van der Waals surface area contributed by atoms with E-state index in [0.29, 0.717) is 34.6 Å². The Morgan fingerprint density at radius 3 is 2.67 bits per heavy atom. The van der Waals surface area contributed by atoms with Gasteiger partial charge in [-0.2, -0.15) is 0 Å². The lowest BCUT2D eigenvalue weighted by molar-refractivity contribution is -0.125. The average molecular weight is 581 g/mol. The first-order valence-electron chi connectivity index (χ1n) is 13.9. The molecule has 0 aromatic carbocycles. The van der Waals surface area contributed by atoms with Crippen molar-refractivity contribution in [2.45, 2.75) is 51.2 Å². The highest BCUT2D eigenvalue weighted by Gasteiger charge is 2.25. The number of aromatic amines is 1. The number of pyridine rings is 2. The lowest BCUT2D eigenvalue weighted by Crippen LogP contribution is -2.37. The fraction of sp³-hybridized carbons (Fsp3) is 0.433. The molecule has 0 aliphatic heterocycles. The van der Waals surface area contributed by atoms with E-state index in [-0.39, 0.29) is 36.8 Å².